The van der Waals surface area contributed by atoms with Gasteiger partial charge in [0, 0.05) is 12.1 Å². The van der Waals surface area contributed by atoms with Crippen LogP contribution in [0.2, 0.25) is 0 Å². The fraction of sp³-hybridized carbons (Fsp3) is 0.200. The minimum atomic E-state index is -4.21. The lowest BCUT2D eigenvalue weighted by molar-refractivity contribution is -0.136. The smallest absolute Gasteiger partial charge is 0.368 e. The Labute approximate surface area is 227 Å². The fourth-order valence-electron chi connectivity index (χ4n) is 4.70. The highest BCUT2D eigenvalue weighted by Gasteiger charge is 2.41. The maximum atomic E-state index is 12.6. The first kappa shape index (κ1) is 26.4. The monoisotopic (exact) mass is 544 g/mol. The highest BCUT2D eigenvalue weighted by atomic mass is 32.2. The van der Waals surface area contributed by atoms with Crippen molar-refractivity contribution in [2.45, 2.75) is 30.7 Å². The summed E-state index contributed by atoms with van der Waals surface area (Å²) in [6.45, 7) is 1.75. The van der Waals surface area contributed by atoms with E-state index in [1.165, 1.54) is 6.92 Å². The van der Waals surface area contributed by atoms with Gasteiger partial charge in [-0.3, -0.25) is 4.55 Å². The molecule has 1 fully saturated rings. The van der Waals surface area contributed by atoms with E-state index in [1.807, 2.05) is 95.9 Å². The fourth-order valence-corrected chi connectivity index (χ4v) is 5.11. The van der Waals surface area contributed by atoms with E-state index >= 15 is 0 Å². The molecule has 0 saturated carbocycles. The zero-order chi connectivity index (χ0) is 27.4. The third kappa shape index (κ3) is 5.79. The largest absolute Gasteiger partial charge is 0.468 e. The molecule has 0 aliphatic carbocycles. The van der Waals surface area contributed by atoms with Crippen molar-refractivity contribution in [2.75, 3.05) is 6.54 Å². The van der Waals surface area contributed by atoms with Crippen molar-refractivity contribution >= 4 is 21.8 Å². The van der Waals surface area contributed by atoms with Crippen LogP contribution in [-0.2, 0) is 24.5 Å². The van der Waals surface area contributed by atoms with Gasteiger partial charge in [-0.2, -0.15) is 8.42 Å². The van der Waals surface area contributed by atoms with E-state index in [2.05, 4.69) is 5.16 Å². The summed E-state index contributed by atoms with van der Waals surface area (Å²) < 4.78 is 39.7. The number of rotatable bonds is 8. The van der Waals surface area contributed by atoms with Crippen LogP contribution < -0.4 is 0 Å². The molecule has 200 valence electrons. The van der Waals surface area contributed by atoms with Gasteiger partial charge >= 0.3 is 5.97 Å². The Morgan fingerprint density at radius 2 is 1.51 bits per heavy atom. The summed E-state index contributed by atoms with van der Waals surface area (Å²) in [7, 11) is -4.21. The molecule has 8 nitrogen and oxygen atoms in total. The second-order valence-electron chi connectivity index (χ2n) is 9.38. The van der Waals surface area contributed by atoms with Crippen LogP contribution in [0.4, 0.5) is 0 Å². The lowest BCUT2D eigenvalue weighted by atomic mass is 9.95. The number of oxime groups is 1. The lowest BCUT2D eigenvalue weighted by Gasteiger charge is -2.28. The van der Waals surface area contributed by atoms with Gasteiger partial charge in [-0.1, -0.05) is 96.2 Å². The molecule has 0 radical (unpaired) electrons. The van der Waals surface area contributed by atoms with E-state index in [0.717, 1.165) is 16.7 Å². The van der Waals surface area contributed by atoms with Crippen LogP contribution in [0.5, 0.6) is 0 Å². The Balaban J connectivity index is 1.56. The number of allylic oxidation sites excluding steroid dienone is 2. The van der Waals surface area contributed by atoms with Crippen LogP contribution in [0.3, 0.4) is 0 Å². The molecule has 2 heterocycles. The van der Waals surface area contributed by atoms with Crippen molar-refractivity contribution in [3.63, 3.8) is 0 Å². The molecule has 9 heteroatoms. The molecule has 0 amide bonds. The normalized spacial score (nSPS) is 22.1. The molecule has 0 spiro atoms. The number of hydrogen-bond donors (Lipinski definition) is 1. The van der Waals surface area contributed by atoms with Crippen LogP contribution in [0, 0.1) is 0 Å². The number of hydrogen-bond acceptors (Lipinski definition) is 7. The molecule has 0 aromatic heterocycles. The summed E-state index contributed by atoms with van der Waals surface area (Å²) in [5.41, 5.74) is 3.36. The molecule has 3 unspecified atom stereocenters. The molecular formula is C30H28N2O6S. The van der Waals surface area contributed by atoms with Crippen LogP contribution in [0.1, 0.15) is 42.2 Å². The maximum Gasteiger partial charge on any atom is 0.368 e. The minimum absolute atomic E-state index is 0.166. The molecule has 3 atom stereocenters. The molecule has 1 N–H and O–H groups in total. The topological polar surface area (TPSA) is 106 Å². The predicted molar refractivity (Wildman–Crippen MR) is 147 cm³/mol. The summed E-state index contributed by atoms with van der Waals surface area (Å²) in [6, 6.07) is 28.5. The van der Waals surface area contributed by atoms with E-state index in [1.54, 1.807) is 12.2 Å². The summed E-state index contributed by atoms with van der Waals surface area (Å²) >= 11 is 0. The summed E-state index contributed by atoms with van der Waals surface area (Å²) in [5.74, 6) is -0.116. The maximum absolute atomic E-state index is 12.6. The van der Waals surface area contributed by atoms with Gasteiger partial charge in [0.05, 0.1) is 16.9 Å². The average Bonchev–Trinajstić information content (AvgIpc) is 3.51. The Hall–Kier alpha value is -4.21. The molecule has 5 rings (SSSR count). The van der Waals surface area contributed by atoms with E-state index in [0.29, 0.717) is 11.6 Å². The molecule has 39 heavy (non-hydrogen) atoms. The van der Waals surface area contributed by atoms with Gasteiger partial charge in [-0.25, -0.2) is 4.79 Å². The number of ether oxygens (including phenoxy) is 1. The molecule has 3 aromatic carbocycles. The average molecular weight is 545 g/mol. The second-order valence-corrected chi connectivity index (χ2v) is 11.2. The van der Waals surface area contributed by atoms with Gasteiger partial charge in [0.25, 0.3) is 10.1 Å². The Morgan fingerprint density at radius 1 is 0.923 bits per heavy atom. The quantitative estimate of drug-likeness (QED) is 0.236. The second kappa shape index (κ2) is 11.3. The van der Waals surface area contributed by atoms with Gasteiger partial charge < -0.3 is 14.5 Å². The van der Waals surface area contributed by atoms with Crippen molar-refractivity contribution < 1.29 is 27.3 Å². The van der Waals surface area contributed by atoms with Crippen LogP contribution in [-0.4, -0.2) is 41.3 Å². The molecule has 1 saturated heterocycles. The SMILES string of the molecule is CC(CCN1C(=CC=C2C(=O)ON=C2c2ccccc2)OC(c2ccccc2)C1c1ccccc1)S(=O)(=O)O. The third-order valence-corrected chi connectivity index (χ3v) is 8.09. The van der Waals surface area contributed by atoms with Gasteiger partial charge in [0.15, 0.2) is 5.88 Å². The van der Waals surface area contributed by atoms with E-state index < -0.39 is 27.4 Å². The van der Waals surface area contributed by atoms with E-state index in [4.69, 9.17) is 9.57 Å². The number of nitrogens with zero attached hydrogens (tertiary/aromatic N) is 2. The van der Waals surface area contributed by atoms with Crippen molar-refractivity contribution in [2.24, 2.45) is 5.16 Å². The van der Waals surface area contributed by atoms with Crippen molar-refractivity contribution in [1.29, 1.82) is 0 Å². The number of carbonyl (C=O) groups excluding carboxylic acids is 1. The van der Waals surface area contributed by atoms with Crippen molar-refractivity contribution in [3.8, 4) is 0 Å². The van der Waals surface area contributed by atoms with Crippen molar-refractivity contribution in [3.05, 3.63) is 131 Å². The summed E-state index contributed by atoms with van der Waals surface area (Å²) in [5, 5.41) is 3.00. The first-order valence-corrected chi connectivity index (χ1v) is 14.1. The number of benzene rings is 3. The minimum Gasteiger partial charge on any atom is -0.468 e. The van der Waals surface area contributed by atoms with Crippen LogP contribution >= 0.6 is 0 Å². The van der Waals surface area contributed by atoms with Gasteiger partial charge in [0.2, 0.25) is 0 Å². The number of carbonyl (C=O) groups is 1. The first-order valence-electron chi connectivity index (χ1n) is 12.6. The zero-order valence-electron chi connectivity index (χ0n) is 21.3. The first-order chi connectivity index (χ1) is 18.8. The standard InChI is InChI=1S/C30H28N2O6S/c1-21(39(34,35)36)19-20-32-26(18-17-25-27(31-38-30(25)33)22-11-5-2-6-12-22)37-29(24-15-9-4-10-16-24)28(32)23-13-7-3-8-14-23/h2-18,21,28-29H,19-20H2,1H3,(H,34,35,36). The Kier molecular flexibility index (Phi) is 7.63. The highest BCUT2D eigenvalue weighted by Crippen LogP contribution is 2.46. The molecule has 0 bridgehead atoms. The summed E-state index contributed by atoms with van der Waals surface area (Å²) in [6.07, 6.45) is 3.07. The Bertz CT molecular complexity index is 1520. The van der Waals surface area contributed by atoms with Crippen LogP contribution in [0.15, 0.2) is 120 Å². The van der Waals surface area contributed by atoms with Gasteiger partial charge in [-0.15, -0.1) is 0 Å². The Morgan fingerprint density at radius 3 is 2.13 bits per heavy atom. The zero-order valence-corrected chi connectivity index (χ0v) is 22.1. The molecule has 2 aliphatic heterocycles. The lowest BCUT2D eigenvalue weighted by Crippen LogP contribution is -2.29. The summed E-state index contributed by atoms with van der Waals surface area (Å²) in [4.78, 5) is 19.5. The molecule has 2 aliphatic rings. The van der Waals surface area contributed by atoms with Crippen molar-refractivity contribution in [1.82, 2.24) is 4.90 Å². The molecular weight excluding hydrogens is 516 g/mol. The predicted octanol–water partition coefficient (Wildman–Crippen LogP) is 5.20. The van der Waals surface area contributed by atoms with E-state index in [-0.39, 0.29) is 24.6 Å². The highest BCUT2D eigenvalue weighted by molar-refractivity contribution is 7.86. The van der Waals surface area contributed by atoms with Gasteiger partial charge in [-0.05, 0) is 36.6 Å². The third-order valence-electron chi connectivity index (χ3n) is 6.84. The van der Waals surface area contributed by atoms with Gasteiger partial charge in [0.1, 0.15) is 11.8 Å². The van der Waals surface area contributed by atoms with Crippen LogP contribution in [0.25, 0.3) is 0 Å². The van der Waals surface area contributed by atoms with E-state index in [9.17, 15) is 17.8 Å². The molecule has 3 aromatic rings.